The molecule has 0 bridgehead atoms. The fourth-order valence-corrected chi connectivity index (χ4v) is 3.23. The van der Waals surface area contributed by atoms with Crippen LogP contribution in [0.25, 0.3) is 0 Å². The van der Waals surface area contributed by atoms with Gasteiger partial charge in [0.15, 0.2) is 0 Å². The Morgan fingerprint density at radius 2 is 1.76 bits per heavy atom. The van der Waals surface area contributed by atoms with E-state index in [0.717, 1.165) is 31.2 Å². The summed E-state index contributed by atoms with van der Waals surface area (Å²) in [6.45, 7) is 6.36. The number of hydrogen-bond acceptors (Lipinski definition) is 3. The molecule has 0 fully saturated rings. The summed E-state index contributed by atoms with van der Waals surface area (Å²) in [6, 6.07) is 7.37. The predicted molar refractivity (Wildman–Crippen MR) is 100 cm³/mol. The third kappa shape index (κ3) is 4.01. The van der Waals surface area contributed by atoms with E-state index >= 15 is 0 Å². The monoisotopic (exact) mass is 338 g/mol. The molecular formula is C21H26N2O2. The molecule has 132 valence electrons. The number of aromatic nitrogens is 1. The number of nitrogens with zero attached hydrogens (tertiary/aromatic N) is 1. The van der Waals surface area contributed by atoms with E-state index in [-0.39, 0.29) is 17.1 Å². The van der Waals surface area contributed by atoms with Crippen LogP contribution in [0.15, 0.2) is 30.5 Å². The van der Waals surface area contributed by atoms with Crippen LogP contribution in [0, 0.1) is 0 Å². The van der Waals surface area contributed by atoms with E-state index in [1.54, 1.807) is 18.3 Å². The van der Waals surface area contributed by atoms with Crippen LogP contribution in [0.3, 0.4) is 0 Å². The number of benzene rings is 1. The molecule has 1 amide bonds. The van der Waals surface area contributed by atoms with E-state index in [1.165, 1.54) is 17.5 Å². The first-order chi connectivity index (χ1) is 11.8. The molecule has 25 heavy (non-hydrogen) atoms. The highest BCUT2D eigenvalue weighted by Crippen LogP contribution is 2.28. The number of anilines is 1. The van der Waals surface area contributed by atoms with Crippen molar-refractivity contribution in [2.24, 2.45) is 0 Å². The minimum absolute atomic E-state index is 0.0187. The summed E-state index contributed by atoms with van der Waals surface area (Å²) in [5.74, 6) is 0.220. The Kier molecular flexibility index (Phi) is 4.80. The molecule has 0 atom stereocenters. The molecule has 0 saturated carbocycles. The van der Waals surface area contributed by atoms with Crippen LogP contribution >= 0.6 is 0 Å². The van der Waals surface area contributed by atoms with Gasteiger partial charge in [-0.1, -0.05) is 33.3 Å². The van der Waals surface area contributed by atoms with Crippen molar-refractivity contribution in [2.45, 2.75) is 58.3 Å². The van der Waals surface area contributed by atoms with Crippen LogP contribution in [0.5, 0.6) is 5.75 Å². The van der Waals surface area contributed by atoms with Gasteiger partial charge in [-0.2, -0.15) is 0 Å². The second-order valence-electron chi connectivity index (χ2n) is 7.83. The number of hydrogen-bond donors (Lipinski definition) is 2. The summed E-state index contributed by atoms with van der Waals surface area (Å²) in [4.78, 5) is 16.9. The second kappa shape index (κ2) is 6.87. The molecule has 1 heterocycles. The number of aromatic hydroxyl groups is 1. The number of nitrogens with one attached hydrogen (secondary N) is 1. The highest BCUT2D eigenvalue weighted by atomic mass is 16.3. The molecule has 2 N–H and O–H groups in total. The van der Waals surface area contributed by atoms with E-state index in [9.17, 15) is 9.90 Å². The molecule has 1 aromatic heterocycles. The van der Waals surface area contributed by atoms with Crippen molar-refractivity contribution in [3.05, 3.63) is 52.7 Å². The summed E-state index contributed by atoms with van der Waals surface area (Å²) in [6.07, 6.45) is 7.19. The third-order valence-corrected chi connectivity index (χ3v) is 4.83. The van der Waals surface area contributed by atoms with Gasteiger partial charge >= 0.3 is 0 Å². The lowest BCUT2D eigenvalue weighted by atomic mass is 9.88. The third-order valence-electron chi connectivity index (χ3n) is 4.83. The van der Waals surface area contributed by atoms with Gasteiger partial charge in [0.2, 0.25) is 0 Å². The summed E-state index contributed by atoms with van der Waals surface area (Å²) >= 11 is 0. The molecule has 1 aliphatic carbocycles. The van der Waals surface area contributed by atoms with Gasteiger partial charge in [-0.25, -0.2) is 4.98 Å². The van der Waals surface area contributed by atoms with Crippen LogP contribution in [-0.4, -0.2) is 16.0 Å². The quantitative estimate of drug-likeness (QED) is 0.786. The molecule has 3 rings (SSSR count). The highest BCUT2D eigenvalue weighted by molar-refractivity contribution is 6.05. The van der Waals surface area contributed by atoms with Gasteiger partial charge in [-0.3, -0.25) is 4.79 Å². The molecule has 1 aliphatic rings. The molecule has 2 aromatic rings. The number of aryl methyl sites for hydroxylation is 2. The van der Waals surface area contributed by atoms with Crippen LogP contribution in [0.4, 0.5) is 5.82 Å². The molecule has 0 saturated heterocycles. The SMILES string of the molecule is CC(C)(C)c1ccc(NC(=O)c2cc3c(cc2O)CCCCC3)nc1. The average molecular weight is 338 g/mol. The average Bonchev–Trinajstić information content (AvgIpc) is 2.78. The van der Waals surface area contributed by atoms with E-state index < -0.39 is 0 Å². The Morgan fingerprint density at radius 1 is 1.08 bits per heavy atom. The summed E-state index contributed by atoms with van der Waals surface area (Å²) in [5, 5.41) is 13.1. The molecule has 1 aromatic carbocycles. The van der Waals surface area contributed by atoms with E-state index in [1.807, 2.05) is 12.1 Å². The van der Waals surface area contributed by atoms with Crippen molar-refractivity contribution in [2.75, 3.05) is 5.32 Å². The smallest absolute Gasteiger partial charge is 0.260 e. The Morgan fingerprint density at radius 3 is 2.36 bits per heavy atom. The zero-order valence-corrected chi connectivity index (χ0v) is 15.2. The van der Waals surface area contributed by atoms with Crippen LogP contribution in [-0.2, 0) is 18.3 Å². The molecule has 4 nitrogen and oxygen atoms in total. The Balaban J connectivity index is 1.80. The number of amides is 1. The number of carbonyl (C=O) groups is 1. The molecular weight excluding hydrogens is 312 g/mol. The van der Waals surface area contributed by atoms with Gasteiger partial charge in [0.05, 0.1) is 5.56 Å². The van der Waals surface area contributed by atoms with Crippen molar-refractivity contribution in [3.63, 3.8) is 0 Å². The van der Waals surface area contributed by atoms with Gasteiger partial charge < -0.3 is 10.4 Å². The number of rotatable bonds is 2. The lowest BCUT2D eigenvalue weighted by molar-refractivity contribution is 0.102. The van der Waals surface area contributed by atoms with Gasteiger partial charge in [0.1, 0.15) is 11.6 Å². The summed E-state index contributed by atoms with van der Waals surface area (Å²) < 4.78 is 0. The van der Waals surface area contributed by atoms with Crippen molar-refractivity contribution < 1.29 is 9.90 Å². The molecule has 0 unspecified atom stereocenters. The number of pyridine rings is 1. The predicted octanol–water partition coefficient (Wildman–Crippen LogP) is 4.61. The standard InChI is InChI=1S/C21H26N2O2/c1-21(2,3)16-9-10-19(22-13-16)23-20(25)17-11-14-7-5-4-6-8-15(14)12-18(17)24/h9-13,24H,4-8H2,1-3H3,(H,22,23,25). The van der Waals surface area contributed by atoms with E-state index in [0.29, 0.717) is 11.4 Å². The second-order valence-corrected chi connectivity index (χ2v) is 7.83. The maximum absolute atomic E-state index is 12.6. The number of fused-ring (bicyclic) bond motifs is 1. The largest absolute Gasteiger partial charge is 0.507 e. The number of phenolic OH excluding ortho intramolecular Hbond substituents is 1. The topological polar surface area (TPSA) is 62.2 Å². The van der Waals surface area contributed by atoms with Crippen LogP contribution in [0.1, 0.15) is 67.1 Å². The minimum atomic E-state index is -0.319. The van der Waals surface area contributed by atoms with Crippen molar-refractivity contribution >= 4 is 11.7 Å². The fourth-order valence-electron chi connectivity index (χ4n) is 3.23. The van der Waals surface area contributed by atoms with Gasteiger partial charge in [-0.15, -0.1) is 0 Å². The summed E-state index contributed by atoms with van der Waals surface area (Å²) in [7, 11) is 0. The normalized spacial score (nSPS) is 14.5. The zero-order chi connectivity index (χ0) is 18.0. The summed E-state index contributed by atoms with van der Waals surface area (Å²) in [5.41, 5.74) is 3.79. The molecule has 0 spiro atoms. The first kappa shape index (κ1) is 17.5. The van der Waals surface area contributed by atoms with Crippen LogP contribution < -0.4 is 5.32 Å². The van der Waals surface area contributed by atoms with Crippen molar-refractivity contribution in [1.29, 1.82) is 0 Å². The minimum Gasteiger partial charge on any atom is -0.507 e. The first-order valence-corrected chi connectivity index (χ1v) is 8.97. The molecule has 0 aliphatic heterocycles. The lowest BCUT2D eigenvalue weighted by Crippen LogP contribution is -2.15. The van der Waals surface area contributed by atoms with E-state index in [4.69, 9.17) is 0 Å². The maximum atomic E-state index is 12.6. The lowest BCUT2D eigenvalue weighted by Gasteiger charge is -2.18. The maximum Gasteiger partial charge on any atom is 0.260 e. The Bertz CT molecular complexity index is 774. The number of phenols is 1. The number of carbonyl (C=O) groups excluding carboxylic acids is 1. The van der Waals surface area contributed by atoms with Crippen molar-refractivity contribution in [1.82, 2.24) is 4.98 Å². The molecule has 0 radical (unpaired) electrons. The van der Waals surface area contributed by atoms with Gasteiger partial charge in [-0.05, 0) is 66.0 Å². The van der Waals surface area contributed by atoms with Gasteiger partial charge in [0, 0.05) is 6.20 Å². The fraction of sp³-hybridized carbons (Fsp3) is 0.429. The Hall–Kier alpha value is -2.36. The van der Waals surface area contributed by atoms with Crippen LogP contribution in [0.2, 0.25) is 0 Å². The molecule has 4 heteroatoms. The first-order valence-electron chi connectivity index (χ1n) is 8.97. The van der Waals surface area contributed by atoms with E-state index in [2.05, 4.69) is 31.1 Å². The highest BCUT2D eigenvalue weighted by Gasteiger charge is 2.18. The van der Waals surface area contributed by atoms with Crippen molar-refractivity contribution in [3.8, 4) is 5.75 Å². The van der Waals surface area contributed by atoms with Gasteiger partial charge in [0.25, 0.3) is 5.91 Å². The zero-order valence-electron chi connectivity index (χ0n) is 15.2. The Labute approximate surface area is 149 Å².